The zero-order valence-corrected chi connectivity index (χ0v) is 13.9. The highest BCUT2D eigenvalue weighted by Crippen LogP contribution is 2.57. The number of pyridine rings is 1. The molecular formula is C16H22BrNO2. The zero-order valence-electron chi connectivity index (χ0n) is 12.3. The lowest BCUT2D eigenvalue weighted by molar-refractivity contribution is -0.0955. The van der Waals surface area contributed by atoms with Gasteiger partial charge in [0.05, 0.1) is 23.9 Å². The first-order chi connectivity index (χ1) is 9.46. The summed E-state index contributed by atoms with van der Waals surface area (Å²) < 4.78 is 12.6. The van der Waals surface area contributed by atoms with Crippen LogP contribution in [0.2, 0.25) is 0 Å². The molecule has 0 aliphatic carbocycles. The van der Waals surface area contributed by atoms with Crippen molar-refractivity contribution >= 4 is 15.9 Å². The summed E-state index contributed by atoms with van der Waals surface area (Å²) in [5, 5.41) is 0. The molecule has 20 heavy (non-hydrogen) atoms. The van der Waals surface area contributed by atoms with Crippen LogP contribution in [0.3, 0.4) is 0 Å². The highest BCUT2D eigenvalue weighted by Gasteiger charge is 2.65. The van der Waals surface area contributed by atoms with Crippen LogP contribution in [-0.4, -0.2) is 27.1 Å². The van der Waals surface area contributed by atoms with Crippen molar-refractivity contribution in [3.8, 4) is 0 Å². The van der Waals surface area contributed by atoms with E-state index in [1.54, 1.807) is 6.20 Å². The monoisotopic (exact) mass is 339 g/mol. The molecule has 0 amide bonds. The Labute approximate surface area is 129 Å². The second-order valence-electron chi connectivity index (χ2n) is 6.56. The van der Waals surface area contributed by atoms with Gasteiger partial charge in [-0.1, -0.05) is 35.8 Å². The summed E-state index contributed by atoms with van der Waals surface area (Å²) in [7, 11) is 0. The Kier molecular flexibility index (Phi) is 3.68. The van der Waals surface area contributed by atoms with Gasteiger partial charge < -0.3 is 9.47 Å². The van der Waals surface area contributed by atoms with Crippen molar-refractivity contribution in [2.75, 3.05) is 0 Å². The van der Waals surface area contributed by atoms with E-state index in [1.165, 1.54) is 0 Å². The van der Waals surface area contributed by atoms with Crippen LogP contribution in [0.1, 0.15) is 39.2 Å². The van der Waals surface area contributed by atoms with Crippen LogP contribution in [0.25, 0.3) is 0 Å². The topological polar surface area (TPSA) is 31.4 Å². The minimum absolute atomic E-state index is 0.0750. The summed E-state index contributed by atoms with van der Waals surface area (Å²) in [4.78, 5) is 4.56. The molecule has 0 radical (unpaired) electrons. The predicted octanol–water partition coefficient (Wildman–Crippen LogP) is 3.71. The van der Waals surface area contributed by atoms with Crippen molar-refractivity contribution in [2.45, 2.75) is 62.4 Å². The fourth-order valence-corrected chi connectivity index (χ4v) is 5.02. The molecule has 3 rings (SSSR count). The molecule has 1 aromatic rings. The summed E-state index contributed by atoms with van der Waals surface area (Å²) >= 11 is 3.82. The van der Waals surface area contributed by atoms with Gasteiger partial charge in [-0.25, -0.2) is 0 Å². The summed E-state index contributed by atoms with van der Waals surface area (Å²) in [6, 6.07) is 4.00. The van der Waals surface area contributed by atoms with Crippen molar-refractivity contribution in [1.82, 2.24) is 4.98 Å². The van der Waals surface area contributed by atoms with Crippen molar-refractivity contribution < 1.29 is 9.47 Å². The van der Waals surface area contributed by atoms with Crippen LogP contribution in [0.4, 0.5) is 0 Å². The highest BCUT2D eigenvalue weighted by molar-refractivity contribution is 9.09. The minimum atomic E-state index is -0.166. The lowest BCUT2D eigenvalue weighted by Crippen LogP contribution is -2.44. The summed E-state index contributed by atoms with van der Waals surface area (Å²) in [6.45, 7) is 7.28. The third kappa shape index (κ3) is 2.22. The average Bonchev–Trinajstić information content (AvgIpc) is 2.85. The number of halogens is 1. The second kappa shape index (κ2) is 5.08. The molecule has 0 unspecified atom stereocenters. The first kappa shape index (κ1) is 14.5. The Hall–Kier alpha value is -0.450. The van der Waals surface area contributed by atoms with Crippen LogP contribution in [0.15, 0.2) is 24.5 Å². The van der Waals surface area contributed by atoms with E-state index in [9.17, 15) is 0 Å². The SMILES string of the molecule is CC(C)[C@@]12C[C@H](OCc3cccnc3)[C@@](C)(C[C@H]1Br)O2. The Morgan fingerprint density at radius 1 is 1.50 bits per heavy atom. The fraction of sp³-hybridized carbons (Fsp3) is 0.688. The molecule has 0 saturated carbocycles. The predicted molar refractivity (Wildman–Crippen MR) is 81.8 cm³/mol. The maximum absolute atomic E-state index is 6.43. The van der Waals surface area contributed by atoms with Crippen LogP contribution in [0, 0.1) is 5.92 Å². The Morgan fingerprint density at radius 3 is 2.90 bits per heavy atom. The molecule has 2 aliphatic heterocycles. The van der Waals surface area contributed by atoms with Crippen molar-refractivity contribution in [2.24, 2.45) is 5.92 Å². The Bertz CT molecular complexity index is 481. The molecule has 0 spiro atoms. The van der Waals surface area contributed by atoms with Gasteiger partial charge in [-0.3, -0.25) is 4.98 Å². The van der Waals surface area contributed by atoms with Crippen LogP contribution < -0.4 is 0 Å². The maximum Gasteiger partial charge on any atom is 0.0936 e. The molecule has 2 aliphatic rings. The van der Waals surface area contributed by atoms with Gasteiger partial charge in [-0.05, 0) is 30.9 Å². The van der Waals surface area contributed by atoms with Gasteiger partial charge >= 0.3 is 0 Å². The molecule has 0 aromatic carbocycles. The molecule has 2 saturated heterocycles. The van der Waals surface area contributed by atoms with Crippen molar-refractivity contribution in [1.29, 1.82) is 0 Å². The van der Waals surface area contributed by atoms with E-state index in [0.717, 1.165) is 18.4 Å². The Balaban J connectivity index is 1.71. The first-order valence-electron chi connectivity index (χ1n) is 7.31. The normalized spacial score (nSPS) is 39.6. The van der Waals surface area contributed by atoms with Crippen molar-refractivity contribution in [3.05, 3.63) is 30.1 Å². The number of hydrogen-bond donors (Lipinski definition) is 0. The fourth-order valence-electron chi connectivity index (χ4n) is 3.57. The number of ether oxygens (including phenoxy) is 2. The van der Waals surface area contributed by atoms with Crippen LogP contribution in [0.5, 0.6) is 0 Å². The van der Waals surface area contributed by atoms with Gasteiger partial charge in [0.15, 0.2) is 0 Å². The van der Waals surface area contributed by atoms with E-state index >= 15 is 0 Å². The lowest BCUT2D eigenvalue weighted by atomic mass is 9.75. The second-order valence-corrected chi connectivity index (χ2v) is 7.67. The van der Waals surface area contributed by atoms with E-state index in [2.05, 4.69) is 47.8 Å². The quantitative estimate of drug-likeness (QED) is 0.783. The zero-order chi connectivity index (χ0) is 14.4. The van der Waals surface area contributed by atoms with Crippen molar-refractivity contribution in [3.63, 3.8) is 0 Å². The molecule has 3 heterocycles. The summed E-state index contributed by atoms with van der Waals surface area (Å²) in [6.07, 6.45) is 5.80. The molecule has 4 atom stereocenters. The van der Waals surface area contributed by atoms with Gasteiger partial charge in [0.25, 0.3) is 0 Å². The minimum Gasteiger partial charge on any atom is -0.370 e. The third-order valence-corrected chi connectivity index (χ3v) is 5.97. The molecule has 0 N–H and O–H groups in total. The van der Waals surface area contributed by atoms with Gasteiger partial charge in [0, 0.05) is 23.6 Å². The molecule has 1 aromatic heterocycles. The van der Waals surface area contributed by atoms with Crippen LogP contribution in [-0.2, 0) is 16.1 Å². The number of nitrogens with zero attached hydrogens (tertiary/aromatic N) is 1. The number of hydrogen-bond acceptors (Lipinski definition) is 3. The molecule has 3 nitrogen and oxygen atoms in total. The third-order valence-electron chi connectivity index (χ3n) is 4.87. The maximum atomic E-state index is 6.43. The smallest absolute Gasteiger partial charge is 0.0936 e. The summed E-state index contributed by atoms with van der Waals surface area (Å²) in [5.74, 6) is 0.487. The van der Waals surface area contributed by atoms with E-state index in [-0.39, 0.29) is 17.3 Å². The summed E-state index contributed by atoms with van der Waals surface area (Å²) in [5.41, 5.74) is 0.877. The van der Waals surface area contributed by atoms with Crippen LogP contribution >= 0.6 is 15.9 Å². The number of fused-ring (bicyclic) bond motifs is 2. The molecule has 2 bridgehead atoms. The molecule has 110 valence electrons. The standard InChI is InChI=1S/C16H22BrNO2/c1-11(2)16-8-14(15(3,20-16)7-13(16)17)19-10-12-5-4-6-18-9-12/h4-6,9,11,13-14H,7-8,10H2,1-3H3/t13-,14+,15-,16+/m1/s1. The van der Waals surface area contributed by atoms with E-state index in [1.807, 2.05) is 12.3 Å². The van der Waals surface area contributed by atoms with E-state index in [0.29, 0.717) is 17.4 Å². The average molecular weight is 340 g/mol. The van der Waals surface area contributed by atoms with E-state index in [4.69, 9.17) is 9.47 Å². The largest absolute Gasteiger partial charge is 0.370 e. The highest BCUT2D eigenvalue weighted by atomic mass is 79.9. The van der Waals surface area contributed by atoms with Gasteiger partial charge in [0.2, 0.25) is 0 Å². The van der Waals surface area contributed by atoms with E-state index < -0.39 is 0 Å². The first-order valence-corrected chi connectivity index (χ1v) is 8.22. The Morgan fingerprint density at radius 2 is 2.30 bits per heavy atom. The molecular weight excluding hydrogens is 318 g/mol. The van der Waals surface area contributed by atoms with Gasteiger partial charge in [-0.15, -0.1) is 0 Å². The number of alkyl halides is 1. The van der Waals surface area contributed by atoms with Gasteiger partial charge in [0.1, 0.15) is 0 Å². The number of rotatable bonds is 4. The molecule has 4 heteroatoms. The lowest BCUT2D eigenvalue weighted by Gasteiger charge is -2.35. The van der Waals surface area contributed by atoms with Gasteiger partial charge in [-0.2, -0.15) is 0 Å². The molecule has 2 fully saturated rings. The number of aromatic nitrogens is 1.